The molecule has 1 aliphatic rings. The second kappa shape index (κ2) is 3.18. The third-order valence-electron chi connectivity index (χ3n) is 3.60. The lowest BCUT2D eigenvalue weighted by Crippen LogP contribution is -1.99. The fourth-order valence-electron chi connectivity index (χ4n) is 2.58. The first-order valence-corrected chi connectivity index (χ1v) is 5.76. The average molecular weight is 209 g/mol. The highest BCUT2D eigenvalue weighted by molar-refractivity contribution is 6.04. The number of benzene rings is 2. The van der Waals surface area contributed by atoms with Crippen LogP contribution < -0.4 is 0 Å². The van der Waals surface area contributed by atoms with E-state index in [0.29, 0.717) is 5.92 Å². The molecule has 1 unspecified atom stereocenters. The summed E-state index contributed by atoms with van der Waals surface area (Å²) in [5.41, 5.74) is 5.13. The van der Waals surface area contributed by atoms with Gasteiger partial charge in [-0.15, -0.1) is 0 Å². The third-order valence-corrected chi connectivity index (χ3v) is 3.60. The van der Waals surface area contributed by atoms with E-state index in [4.69, 9.17) is 4.99 Å². The topological polar surface area (TPSA) is 12.4 Å². The van der Waals surface area contributed by atoms with Gasteiger partial charge in [0.2, 0.25) is 0 Å². The maximum absolute atomic E-state index is 4.70. The van der Waals surface area contributed by atoms with E-state index in [1.165, 1.54) is 33.3 Å². The van der Waals surface area contributed by atoms with Crippen molar-refractivity contribution in [2.45, 2.75) is 26.7 Å². The molecular weight excluding hydrogens is 194 g/mol. The van der Waals surface area contributed by atoms with Crippen molar-refractivity contribution in [3.8, 4) is 0 Å². The SMILES string of the molecule is CC1=Nc2c(C)cc3ccccc3c2C1C. The number of hydrogen-bond acceptors (Lipinski definition) is 1. The van der Waals surface area contributed by atoms with Gasteiger partial charge in [0.1, 0.15) is 0 Å². The molecule has 0 radical (unpaired) electrons. The zero-order valence-electron chi connectivity index (χ0n) is 9.91. The molecule has 1 atom stereocenters. The van der Waals surface area contributed by atoms with Crippen molar-refractivity contribution in [2.75, 3.05) is 0 Å². The molecule has 0 fully saturated rings. The van der Waals surface area contributed by atoms with Gasteiger partial charge in [-0.3, -0.25) is 4.99 Å². The van der Waals surface area contributed by atoms with Gasteiger partial charge in [0.25, 0.3) is 0 Å². The van der Waals surface area contributed by atoms with Gasteiger partial charge in [-0.25, -0.2) is 0 Å². The van der Waals surface area contributed by atoms with Crippen molar-refractivity contribution in [3.63, 3.8) is 0 Å². The van der Waals surface area contributed by atoms with E-state index in [9.17, 15) is 0 Å². The smallest absolute Gasteiger partial charge is 0.0703 e. The summed E-state index contributed by atoms with van der Waals surface area (Å²) in [7, 11) is 0. The minimum atomic E-state index is 0.458. The van der Waals surface area contributed by atoms with E-state index in [1.54, 1.807) is 0 Å². The van der Waals surface area contributed by atoms with Crippen LogP contribution >= 0.6 is 0 Å². The Morgan fingerprint density at radius 2 is 1.88 bits per heavy atom. The maximum atomic E-state index is 4.70. The fraction of sp³-hybridized carbons (Fsp3) is 0.267. The molecule has 0 bridgehead atoms. The number of fused-ring (bicyclic) bond motifs is 3. The number of aliphatic imine (C=N–C) groups is 1. The van der Waals surface area contributed by atoms with Gasteiger partial charge in [-0.2, -0.15) is 0 Å². The molecule has 2 aromatic carbocycles. The quantitative estimate of drug-likeness (QED) is 0.611. The lowest BCUT2D eigenvalue weighted by atomic mass is 9.91. The Hall–Kier alpha value is -1.63. The molecule has 1 heterocycles. The summed E-state index contributed by atoms with van der Waals surface area (Å²) in [4.78, 5) is 4.70. The molecule has 1 nitrogen and oxygen atoms in total. The van der Waals surface area contributed by atoms with Crippen LogP contribution in [0, 0.1) is 6.92 Å². The maximum Gasteiger partial charge on any atom is 0.0703 e. The molecule has 3 rings (SSSR count). The van der Waals surface area contributed by atoms with Crippen LogP contribution in [0.15, 0.2) is 35.3 Å². The first kappa shape index (κ1) is 9.59. The molecule has 2 aromatic rings. The van der Waals surface area contributed by atoms with Gasteiger partial charge < -0.3 is 0 Å². The predicted octanol–water partition coefficient (Wildman–Crippen LogP) is 4.36. The molecule has 0 spiro atoms. The van der Waals surface area contributed by atoms with Crippen molar-refractivity contribution in [1.29, 1.82) is 0 Å². The summed E-state index contributed by atoms with van der Waals surface area (Å²) < 4.78 is 0. The average Bonchev–Trinajstić information content (AvgIpc) is 2.57. The van der Waals surface area contributed by atoms with Crippen LogP contribution in [0.25, 0.3) is 10.8 Å². The summed E-state index contributed by atoms with van der Waals surface area (Å²) in [5.74, 6) is 0.458. The highest BCUT2D eigenvalue weighted by Crippen LogP contribution is 2.42. The highest BCUT2D eigenvalue weighted by atomic mass is 14.8. The first-order valence-electron chi connectivity index (χ1n) is 5.76. The van der Waals surface area contributed by atoms with Gasteiger partial charge in [0, 0.05) is 11.6 Å². The molecule has 0 saturated carbocycles. The Kier molecular flexibility index (Phi) is 1.90. The molecular formula is C15H15N. The lowest BCUT2D eigenvalue weighted by molar-refractivity contribution is 1.06. The minimum absolute atomic E-state index is 0.458. The Labute approximate surface area is 95.8 Å². The van der Waals surface area contributed by atoms with E-state index >= 15 is 0 Å². The lowest BCUT2D eigenvalue weighted by Gasteiger charge is -2.11. The largest absolute Gasteiger partial charge is 0.257 e. The van der Waals surface area contributed by atoms with Crippen molar-refractivity contribution in [1.82, 2.24) is 0 Å². The van der Waals surface area contributed by atoms with Crippen LogP contribution in [0.3, 0.4) is 0 Å². The number of hydrogen-bond donors (Lipinski definition) is 0. The molecule has 1 heteroatoms. The second-order valence-corrected chi connectivity index (χ2v) is 4.65. The van der Waals surface area contributed by atoms with E-state index in [2.05, 4.69) is 51.1 Å². The molecule has 0 amide bonds. The summed E-state index contributed by atoms with van der Waals surface area (Å²) in [5, 5.41) is 2.69. The summed E-state index contributed by atoms with van der Waals surface area (Å²) in [6.45, 7) is 6.52. The van der Waals surface area contributed by atoms with Crippen molar-refractivity contribution < 1.29 is 0 Å². The van der Waals surface area contributed by atoms with Crippen LogP contribution in [-0.2, 0) is 0 Å². The standard InChI is InChI=1S/C15H15N/c1-9-8-12-6-4-5-7-13(12)14-10(2)11(3)16-15(9)14/h4-8,10H,1-3H3. The molecule has 1 aliphatic heterocycles. The third kappa shape index (κ3) is 1.15. The molecule has 0 saturated heterocycles. The molecule has 0 aliphatic carbocycles. The van der Waals surface area contributed by atoms with Crippen LogP contribution in [0.5, 0.6) is 0 Å². The van der Waals surface area contributed by atoms with Crippen molar-refractivity contribution in [2.24, 2.45) is 4.99 Å². The van der Waals surface area contributed by atoms with Crippen LogP contribution in [0.1, 0.15) is 30.9 Å². The van der Waals surface area contributed by atoms with Gasteiger partial charge >= 0.3 is 0 Å². The molecule has 0 aromatic heterocycles. The summed E-state index contributed by atoms with van der Waals surface area (Å²) >= 11 is 0. The Balaban J connectivity index is 2.45. The van der Waals surface area contributed by atoms with Crippen molar-refractivity contribution >= 4 is 22.2 Å². The van der Waals surface area contributed by atoms with E-state index in [0.717, 1.165) is 0 Å². The Bertz CT molecular complexity index is 608. The zero-order chi connectivity index (χ0) is 11.3. The Morgan fingerprint density at radius 1 is 1.12 bits per heavy atom. The normalized spacial score (nSPS) is 18.7. The molecule has 80 valence electrons. The summed E-state index contributed by atoms with van der Waals surface area (Å²) in [6, 6.07) is 10.8. The van der Waals surface area contributed by atoms with E-state index in [1.807, 2.05) is 0 Å². The molecule has 0 N–H and O–H groups in total. The van der Waals surface area contributed by atoms with Crippen LogP contribution in [0.4, 0.5) is 5.69 Å². The van der Waals surface area contributed by atoms with Gasteiger partial charge in [0.15, 0.2) is 0 Å². The number of aryl methyl sites for hydroxylation is 1. The fourth-order valence-corrected chi connectivity index (χ4v) is 2.58. The van der Waals surface area contributed by atoms with E-state index in [-0.39, 0.29) is 0 Å². The number of rotatable bonds is 0. The van der Waals surface area contributed by atoms with Crippen LogP contribution in [-0.4, -0.2) is 5.71 Å². The van der Waals surface area contributed by atoms with Crippen molar-refractivity contribution in [3.05, 3.63) is 41.5 Å². The predicted molar refractivity (Wildman–Crippen MR) is 69.9 cm³/mol. The van der Waals surface area contributed by atoms with Gasteiger partial charge in [0.05, 0.1) is 5.69 Å². The first-order chi connectivity index (χ1) is 7.68. The Morgan fingerprint density at radius 3 is 2.69 bits per heavy atom. The van der Waals surface area contributed by atoms with Crippen LogP contribution in [0.2, 0.25) is 0 Å². The monoisotopic (exact) mass is 209 g/mol. The highest BCUT2D eigenvalue weighted by Gasteiger charge is 2.23. The molecule has 16 heavy (non-hydrogen) atoms. The van der Waals surface area contributed by atoms with E-state index < -0.39 is 0 Å². The minimum Gasteiger partial charge on any atom is -0.257 e. The summed E-state index contributed by atoms with van der Waals surface area (Å²) in [6.07, 6.45) is 0. The van der Waals surface area contributed by atoms with Gasteiger partial charge in [-0.05, 0) is 41.8 Å². The number of nitrogens with zero attached hydrogens (tertiary/aromatic N) is 1. The second-order valence-electron chi connectivity index (χ2n) is 4.65. The zero-order valence-corrected chi connectivity index (χ0v) is 9.91. The van der Waals surface area contributed by atoms with Gasteiger partial charge in [-0.1, -0.05) is 31.2 Å².